The Morgan fingerprint density at radius 3 is 1.62 bits per heavy atom. The number of ether oxygens (including phenoxy) is 2. The van der Waals surface area contributed by atoms with Crippen LogP contribution in [-0.4, -0.2) is 30.6 Å². The summed E-state index contributed by atoms with van der Waals surface area (Å²) in [6.45, 7) is 5.54. The molecule has 0 bridgehead atoms. The summed E-state index contributed by atoms with van der Waals surface area (Å²) in [5.74, 6) is -2.41. The van der Waals surface area contributed by atoms with Crippen LogP contribution in [0.25, 0.3) is 11.1 Å². The second-order valence-corrected chi connectivity index (χ2v) is 6.09. The van der Waals surface area contributed by atoms with Gasteiger partial charge >= 0.3 is 0 Å². The van der Waals surface area contributed by atoms with E-state index in [0.717, 1.165) is 18.2 Å². The molecule has 3 aromatic carbocycles. The molecule has 0 radical (unpaired) electrons. The van der Waals surface area contributed by atoms with Crippen LogP contribution in [0.5, 0.6) is 57.5 Å². The van der Waals surface area contributed by atoms with Crippen molar-refractivity contribution in [3.63, 3.8) is 0 Å². The van der Waals surface area contributed by atoms with Gasteiger partial charge in [-0.25, -0.2) is 0 Å². The summed E-state index contributed by atoms with van der Waals surface area (Å²) in [5, 5.41) is 60.0. The molecule has 4 rings (SSSR count). The molecule has 1 heterocycles. The van der Waals surface area contributed by atoms with Crippen LogP contribution in [0.1, 0.15) is 19.4 Å². The van der Waals surface area contributed by atoms with Crippen LogP contribution in [0.2, 0.25) is 0 Å². The fraction of sp³-hybridized carbons (Fsp3) is 0.143. The third-order valence-electron chi connectivity index (χ3n) is 4.23. The molecule has 0 saturated heterocycles. The molecule has 0 saturated carbocycles. The molecule has 1 aliphatic heterocycles. The summed E-state index contributed by atoms with van der Waals surface area (Å²) < 4.78 is 11.3. The highest BCUT2D eigenvalue weighted by Gasteiger charge is 2.32. The Morgan fingerprint density at radius 1 is 0.552 bits per heavy atom. The van der Waals surface area contributed by atoms with Gasteiger partial charge in [-0.1, -0.05) is 13.8 Å². The van der Waals surface area contributed by atoms with Crippen molar-refractivity contribution in [3.05, 3.63) is 35.9 Å². The summed E-state index contributed by atoms with van der Waals surface area (Å²) in [6.07, 6.45) is 0. The molecule has 0 atom stereocenters. The van der Waals surface area contributed by atoms with E-state index in [1.807, 2.05) is 13.8 Å². The molecule has 0 spiro atoms. The zero-order chi connectivity index (χ0) is 21.5. The second kappa shape index (κ2) is 7.23. The van der Waals surface area contributed by atoms with Gasteiger partial charge in [-0.15, -0.1) is 0 Å². The van der Waals surface area contributed by atoms with Gasteiger partial charge in [-0.05, 0) is 24.6 Å². The summed E-state index contributed by atoms with van der Waals surface area (Å²) in [5.41, 5.74) is 0.477. The molecule has 152 valence electrons. The van der Waals surface area contributed by atoms with E-state index in [-0.39, 0.29) is 56.9 Å². The first-order valence-electron chi connectivity index (χ1n) is 8.79. The second-order valence-electron chi connectivity index (χ2n) is 6.09. The molecule has 0 amide bonds. The van der Waals surface area contributed by atoms with E-state index < -0.39 is 17.2 Å². The van der Waals surface area contributed by atoms with Gasteiger partial charge in [0.1, 0.15) is 23.0 Å². The zero-order valence-electron chi connectivity index (χ0n) is 15.9. The number of phenolic OH excluding ortho intramolecular Hbond substituents is 6. The number of aromatic hydroxyl groups is 6. The number of fused-ring (bicyclic) bond motifs is 2. The van der Waals surface area contributed by atoms with Crippen LogP contribution < -0.4 is 9.47 Å². The van der Waals surface area contributed by atoms with Gasteiger partial charge in [0.05, 0.1) is 5.56 Å². The number of phenols is 6. The molecule has 0 aliphatic carbocycles. The first kappa shape index (κ1) is 19.8. The van der Waals surface area contributed by atoms with Gasteiger partial charge in [-0.3, -0.25) is 0 Å². The van der Waals surface area contributed by atoms with E-state index in [0.29, 0.717) is 0 Å². The summed E-state index contributed by atoms with van der Waals surface area (Å²) in [6, 6.07) is 5.74. The predicted molar refractivity (Wildman–Crippen MR) is 105 cm³/mol. The molecule has 0 aromatic heterocycles. The minimum absolute atomic E-state index is 0.00527. The van der Waals surface area contributed by atoms with Gasteiger partial charge < -0.3 is 40.1 Å². The molecule has 29 heavy (non-hydrogen) atoms. The van der Waals surface area contributed by atoms with Crippen LogP contribution in [0, 0.1) is 6.92 Å². The Balaban J connectivity index is 0.00000117. The summed E-state index contributed by atoms with van der Waals surface area (Å²) in [4.78, 5) is 0. The zero-order valence-corrected chi connectivity index (χ0v) is 15.9. The molecule has 3 aromatic rings. The summed E-state index contributed by atoms with van der Waals surface area (Å²) >= 11 is 0. The lowest BCUT2D eigenvalue weighted by atomic mass is 10.0. The quantitative estimate of drug-likeness (QED) is 0.267. The van der Waals surface area contributed by atoms with E-state index in [9.17, 15) is 30.6 Å². The van der Waals surface area contributed by atoms with Gasteiger partial charge in [0.2, 0.25) is 11.5 Å². The Morgan fingerprint density at radius 2 is 1.03 bits per heavy atom. The molecular weight excluding hydrogens is 380 g/mol. The maximum atomic E-state index is 10.3. The number of hydrogen-bond acceptors (Lipinski definition) is 8. The average Bonchev–Trinajstić information content (AvgIpc) is 2.66. The number of hydrogen-bond donors (Lipinski definition) is 6. The van der Waals surface area contributed by atoms with Crippen molar-refractivity contribution in [3.8, 4) is 68.6 Å². The van der Waals surface area contributed by atoms with Gasteiger partial charge in [-0.2, -0.15) is 0 Å². The smallest absolute Gasteiger partial charge is 0.212 e. The molecule has 0 unspecified atom stereocenters. The van der Waals surface area contributed by atoms with E-state index in [4.69, 9.17) is 9.47 Å². The molecule has 1 aliphatic rings. The maximum Gasteiger partial charge on any atom is 0.212 e. The van der Waals surface area contributed by atoms with E-state index in [1.165, 1.54) is 19.1 Å². The predicted octanol–water partition coefficient (Wildman–Crippen LogP) is 4.82. The standard InChI is InChI=1S/C19H14O8.C2H6/c1-7-11(22)5-13(24)17-16(7)26-18-14(25)6-12(23)15(19(18)27-17)8-2-9(20)4-10(21)3-8;1-2/h2-6,20-25H,1H3;1-2H3. The maximum absolute atomic E-state index is 10.3. The first-order chi connectivity index (χ1) is 13.8. The van der Waals surface area contributed by atoms with Crippen LogP contribution in [0.3, 0.4) is 0 Å². The lowest BCUT2D eigenvalue weighted by molar-refractivity contribution is 0.314. The van der Waals surface area contributed by atoms with Gasteiger partial charge in [0, 0.05) is 23.8 Å². The summed E-state index contributed by atoms with van der Waals surface area (Å²) in [7, 11) is 0. The van der Waals surface area contributed by atoms with Crippen molar-refractivity contribution in [1.29, 1.82) is 0 Å². The SMILES string of the molecule is CC.Cc1c(O)cc(O)c2c1Oc1c(O)cc(O)c(-c3cc(O)cc(O)c3)c1O2. The van der Waals surface area contributed by atoms with Crippen molar-refractivity contribution in [2.75, 3.05) is 0 Å². The highest BCUT2D eigenvalue weighted by atomic mass is 16.6. The molecular formula is C21H20O8. The van der Waals surface area contributed by atoms with Crippen LogP contribution in [-0.2, 0) is 0 Å². The van der Waals surface area contributed by atoms with Gasteiger partial charge in [0.25, 0.3) is 0 Å². The highest BCUT2D eigenvalue weighted by Crippen LogP contribution is 2.60. The van der Waals surface area contributed by atoms with E-state index in [2.05, 4.69) is 0 Å². The molecule has 8 heteroatoms. The Kier molecular flexibility index (Phi) is 4.94. The Bertz CT molecular complexity index is 1080. The van der Waals surface area contributed by atoms with Gasteiger partial charge in [0.15, 0.2) is 23.0 Å². The third-order valence-corrected chi connectivity index (χ3v) is 4.23. The molecule has 0 fully saturated rings. The lowest BCUT2D eigenvalue weighted by Crippen LogP contribution is -2.03. The highest BCUT2D eigenvalue weighted by molar-refractivity contribution is 5.85. The fourth-order valence-electron chi connectivity index (χ4n) is 2.96. The number of rotatable bonds is 1. The van der Waals surface area contributed by atoms with Crippen molar-refractivity contribution in [2.24, 2.45) is 0 Å². The minimum Gasteiger partial charge on any atom is -0.508 e. The Labute approximate surface area is 166 Å². The minimum atomic E-state index is -0.441. The van der Waals surface area contributed by atoms with Crippen LogP contribution in [0.4, 0.5) is 0 Å². The monoisotopic (exact) mass is 400 g/mol. The Hall–Kier alpha value is -3.94. The van der Waals surface area contributed by atoms with Crippen molar-refractivity contribution in [1.82, 2.24) is 0 Å². The lowest BCUT2D eigenvalue weighted by Gasteiger charge is -2.26. The van der Waals surface area contributed by atoms with Crippen molar-refractivity contribution < 1.29 is 40.1 Å². The van der Waals surface area contributed by atoms with Crippen LogP contribution >= 0.6 is 0 Å². The largest absolute Gasteiger partial charge is 0.508 e. The average molecular weight is 400 g/mol. The normalized spacial score (nSPS) is 11.3. The van der Waals surface area contributed by atoms with Crippen LogP contribution in [0.15, 0.2) is 30.3 Å². The first-order valence-corrected chi connectivity index (χ1v) is 8.79. The van der Waals surface area contributed by atoms with Crippen molar-refractivity contribution >= 4 is 0 Å². The van der Waals surface area contributed by atoms with Crippen molar-refractivity contribution in [2.45, 2.75) is 20.8 Å². The molecule has 6 N–H and O–H groups in total. The fourth-order valence-corrected chi connectivity index (χ4v) is 2.96. The number of benzene rings is 3. The van der Waals surface area contributed by atoms with E-state index >= 15 is 0 Å². The molecule has 8 nitrogen and oxygen atoms in total. The van der Waals surface area contributed by atoms with E-state index in [1.54, 1.807) is 0 Å². The third kappa shape index (κ3) is 3.25. The topological polar surface area (TPSA) is 140 Å².